The van der Waals surface area contributed by atoms with Crippen LogP contribution in [0.1, 0.15) is 45.7 Å². The Labute approximate surface area is 123 Å². The van der Waals surface area contributed by atoms with E-state index in [-0.39, 0.29) is 0 Å². The SMILES string of the molecule is C=C(/C=C\C)/C(C)=C(/N=C(C)C)c1ccc(CC)cc1. The highest BCUT2D eigenvalue weighted by atomic mass is 14.8. The van der Waals surface area contributed by atoms with Crippen LogP contribution in [0.3, 0.4) is 0 Å². The van der Waals surface area contributed by atoms with E-state index < -0.39 is 0 Å². The van der Waals surface area contributed by atoms with Gasteiger partial charge in [0.2, 0.25) is 0 Å². The minimum absolute atomic E-state index is 1.01. The molecule has 1 rings (SSSR count). The van der Waals surface area contributed by atoms with Gasteiger partial charge in [-0.15, -0.1) is 0 Å². The first-order valence-corrected chi connectivity index (χ1v) is 7.13. The summed E-state index contributed by atoms with van der Waals surface area (Å²) in [7, 11) is 0. The minimum atomic E-state index is 1.01. The Morgan fingerprint density at radius 3 is 2.20 bits per heavy atom. The first-order chi connectivity index (χ1) is 9.49. The van der Waals surface area contributed by atoms with Crippen molar-refractivity contribution in [1.82, 2.24) is 0 Å². The zero-order chi connectivity index (χ0) is 15.1. The van der Waals surface area contributed by atoms with Gasteiger partial charge in [-0.1, -0.05) is 49.9 Å². The topological polar surface area (TPSA) is 12.4 Å². The highest BCUT2D eigenvalue weighted by Gasteiger charge is 2.07. The quantitative estimate of drug-likeness (QED) is 0.487. The zero-order valence-corrected chi connectivity index (χ0v) is 13.3. The number of allylic oxidation sites excluding steroid dienone is 4. The molecule has 0 bridgehead atoms. The molecule has 0 aliphatic heterocycles. The average Bonchev–Trinajstić information content (AvgIpc) is 2.44. The monoisotopic (exact) mass is 267 g/mol. The molecule has 0 spiro atoms. The minimum Gasteiger partial charge on any atom is -0.258 e. The maximum Gasteiger partial charge on any atom is 0.0735 e. The maximum absolute atomic E-state index is 4.71. The van der Waals surface area contributed by atoms with Crippen LogP contribution >= 0.6 is 0 Å². The Hall–Kier alpha value is -1.89. The van der Waals surface area contributed by atoms with E-state index in [9.17, 15) is 0 Å². The Kier molecular flexibility index (Phi) is 6.17. The van der Waals surface area contributed by atoms with Crippen LogP contribution in [0.25, 0.3) is 5.70 Å². The van der Waals surface area contributed by atoms with E-state index in [4.69, 9.17) is 4.99 Å². The zero-order valence-electron chi connectivity index (χ0n) is 13.3. The molecule has 0 fully saturated rings. The van der Waals surface area contributed by atoms with Crippen LogP contribution in [0.5, 0.6) is 0 Å². The fourth-order valence-corrected chi connectivity index (χ4v) is 1.97. The molecule has 20 heavy (non-hydrogen) atoms. The van der Waals surface area contributed by atoms with E-state index in [0.29, 0.717) is 0 Å². The summed E-state index contributed by atoms with van der Waals surface area (Å²) in [4.78, 5) is 4.71. The summed E-state index contributed by atoms with van der Waals surface area (Å²) >= 11 is 0. The highest BCUT2D eigenvalue weighted by molar-refractivity contribution is 5.87. The number of hydrogen-bond acceptors (Lipinski definition) is 1. The molecule has 0 aliphatic rings. The normalized spacial score (nSPS) is 12.2. The Balaban J connectivity index is 3.34. The largest absolute Gasteiger partial charge is 0.258 e. The fraction of sp³-hybridized carbons (Fsp3) is 0.316. The number of nitrogens with zero attached hydrogens (tertiary/aromatic N) is 1. The van der Waals surface area contributed by atoms with Gasteiger partial charge in [0.05, 0.1) is 5.70 Å². The molecule has 1 aromatic rings. The molecule has 0 unspecified atom stereocenters. The number of hydrogen-bond donors (Lipinski definition) is 0. The van der Waals surface area contributed by atoms with Gasteiger partial charge >= 0.3 is 0 Å². The van der Waals surface area contributed by atoms with E-state index in [1.807, 2.05) is 32.9 Å². The predicted molar refractivity (Wildman–Crippen MR) is 91.2 cm³/mol. The van der Waals surface area contributed by atoms with Crippen LogP contribution in [0.2, 0.25) is 0 Å². The summed E-state index contributed by atoms with van der Waals surface area (Å²) < 4.78 is 0. The third kappa shape index (κ3) is 4.34. The first-order valence-electron chi connectivity index (χ1n) is 7.13. The number of aryl methyl sites for hydroxylation is 1. The van der Waals surface area contributed by atoms with Crippen molar-refractivity contribution in [2.24, 2.45) is 4.99 Å². The molecule has 1 aromatic carbocycles. The van der Waals surface area contributed by atoms with Gasteiger partial charge in [0.15, 0.2) is 0 Å². The van der Waals surface area contributed by atoms with Gasteiger partial charge < -0.3 is 0 Å². The lowest BCUT2D eigenvalue weighted by atomic mass is 10.0. The molecule has 0 saturated carbocycles. The molecule has 1 nitrogen and oxygen atoms in total. The lowest BCUT2D eigenvalue weighted by Gasteiger charge is -2.10. The lowest BCUT2D eigenvalue weighted by molar-refractivity contribution is 1.14. The standard InChI is InChI=1S/C19H25N/c1-7-9-15(5)16(6)19(20-14(3)4)18-12-10-17(8-2)11-13-18/h7,9-13H,5,8H2,1-4,6H3/b9-7-,19-16+. The van der Waals surface area contributed by atoms with E-state index in [1.165, 1.54) is 5.56 Å². The molecular formula is C19H25N. The van der Waals surface area contributed by atoms with Crippen molar-refractivity contribution in [2.45, 2.75) is 41.0 Å². The van der Waals surface area contributed by atoms with E-state index in [0.717, 1.165) is 34.5 Å². The summed E-state index contributed by atoms with van der Waals surface area (Å²) in [6.07, 6.45) is 5.09. The summed E-state index contributed by atoms with van der Waals surface area (Å²) in [5.41, 5.74) is 6.67. The van der Waals surface area contributed by atoms with Gasteiger partial charge in [-0.3, -0.25) is 4.99 Å². The van der Waals surface area contributed by atoms with Crippen molar-refractivity contribution in [1.29, 1.82) is 0 Å². The summed E-state index contributed by atoms with van der Waals surface area (Å²) in [5, 5.41) is 0. The van der Waals surface area contributed by atoms with Gasteiger partial charge in [-0.2, -0.15) is 0 Å². The van der Waals surface area contributed by atoms with Gasteiger partial charge in [-0.05, 0) is 50.8 Å². The summed E-state index contributed by atoms with van der Waals surface area (Å²) in [6, 6.07) is 8.63. The number of benzene rings is 1. The maximum atomic E-state index is 4.71. The average molecular weight is 267 g/mol. The Morgan fingerprint density at radius 1 is 1.15 bits per heavy atom. The summed E-state index contributed by atoms with van der Waals surface area (Å²) in [5.74, 6) is 0. The van der Waals surface area contributed by atoms with Crippen molar-refractivity contribution >= 4 is 11.4 Å². The number of aliphatic imine (C=N–C) groups is 1. The van der Waals surface area contributed by atoms with Gasteiger partial charge in [-0.25, -0.2) is 0 Å². The van der Waals surface area contributed by atoms with E-state index in [2.05, 4.69) is 44.7 Å². The van der Waals surface area contributed by atoms with Crippen molar-refractivity contribution in [3.8, 4) is 0 Å². The van der Waals surface area contributed by atoms with Crippen LogP contribution in [0, 0.1) is 0 Å². The molecule has 0 N–H and O–H groups in total. The molecule has 106 valence electrons. The smallest absolute Gasteiger partial charge is 0.0735 e. The predicted octanol–water partition coefficient (Wildman–Crippen LogP) is 5.59. The summed E-state index contributed by atoms with van der Waals surface area (Å²) in [6.45, 7) is 14.4. The van der Waals surface area contributed by atoms with Crippen molar-refractivity contribution in [2.75, 3.05) is 0 Å². The van der Waals surface area contributed by atoms with E-state index in [1.54, 1.807) is 0 Å². The molecule has 0 aliphatic carbocycles. The second kappa shape index (κ2) is 7.64. The molecule has 0 atom stereocenters. The number of rotatable bonds is 5. The third-order valence-corrected chi connectivity index (χ3v) is 3.18. The first kappa shape index (κ1) is 16.2. The van der Waals surface area contributed by atoms with Crippen LogP contribution in [-0.4, -0.2) is 5.71 Å². The molecule has 1 heteroatoms. The van der Waals surface area contributed by atoms with Gasteiger partial charge in [0, 0.05) is 11.3 Å². The molecule has 0 heterocycles. The molecule has 0 saturated heterocycles. The molecule has 0 radical (unpaired) electrons. The van der Waals surface area contributed by atoms with Crippen molar-refractivity contribution < 1.29 is 0 Å². The fourth-order valence-electron chi connectivity index (χ4n) is 1.97. The lowest BCUT2D eigenvalue weighted by Crippen LogP contribution is -1.93. The molecular weight excluding hydrogens is 242 g/mol. The Bertz CT molecular complexity index is 550. The van der Waals surface area contributed by atoms with Crippen molar-refractivity contribution in [3.63, 3.8) is 0 Å². The van der Waals surface area contributed by atoms with Crippen LogP contribution in [-0.2, 0) is 6.42 Å². The van der Waals surface area contributed by atoms with Gasteiger partial charge in [0.25, 0.3) is 0 Å². The highest BCUT2D eigenvalue weighted by Crippen LogP contribution is 2.25. The third-order valence-electron chi connectivity index (χ3n) is 3.18. The van der Waals surface area contributed by atoms with E-state index >= 15 is 0 Å². The second-order valence-corrected chi connectivity index (χ2v) is 5.11. The van der Waals surface area contributed by atoms with Crippen molar-refractivity contribution in [3.05, 3.63) is 65.3 Å². The molecule has 0 amide bonds. The van der Waals surface area contributed by atoms with Crippen LogP contribution < -0.4 is 0 Å². The molecule has 0 aromatic heterocycles. The van der Waals surface area contributed by atoms with Crippen LogP contribution in [0.15, 0.2) is 59.1 Å². The van der Waals surface area contributed by atoms with Gasteiger partial charge in [0.1, 0.15) is 0 Å². The van der Waals surface area contributed by atoms with Crippen LogP contribution in [0.4, 0.5) is 0 Å². The Morgan fingerprint density at radius 2 is 1.75 bits per heavy atom. The second-order valence-electron chi connectivity index (χ2n) is 5.11.